The predicted molar refractivity (Wildman–Crippen MR) is 95.7 cm³/mol. The van der Waals surface area contributed by atoms with Gasteiger partial charge in [0.2, 0.25) is 5.91 Å². The predicted octanol–water partition coefficient (Wildman–Crippen LogP) is -0.0931. The van der Waals surface area contributed by atoms with E-state index < -0.39 is 0 Å². The van der Waals surface area contributed by atoms with Crippen molar-refractivity contribution in [3.63, 3.8) is 0 Å². The largest absolute Gasteiger partial charge is 0.462 e. The van der Waals surface area contributed by atoms with Crippen LogP contribution in [-0.4, -0.2) is 67.2 Å². The summed E-state index contributed by atoms with van der Waals surface area (Å²) in [6.07, 6.45) is 3.53. The third-order valence-corrected chi connectivity index (χ3v) is 5.03. The Morgan fingerprint density at radius 2 is 2.32 bits per heavy atom. The Bertz CT molecular complexity index is 623. The number of hydrogen-bond donors (Lipinski definition) is 2. The van der Waals surface area contributed by atoms with Crippen molar-refractivity contribution in [2.24, 2.45) is 5.73 Å². The Balaban J connectivity index is 1.76. The summed E-state index contributed by atoms with van der Waals surface area (Å²) < 4.78 is 5.93. The van der Waals surface area contributed by atoms with Crippen LogP contribution in [0.15, 0.2) is 0 Å². The number of aromatic nitrogens is 2. The van der Waals surface area contributed by atoms with E-state index in [1.807, 2.05) is 11.9 Å². The highest BCUT2D eigenvalue weighted by molar-refractivity contribution is 5.74. The molecule has 3 N–H and O–H groups in total. The van der Waals surface area contributed by atoms with E-state index in [1.165, 1.54) is 6.42 Å². The molecule has 0 saturated carbocycles. The minimum absolute atomic E-state index is 0.302. The monoisotopic (exact) mass is 348 g/mol. The van der Waals surface area contributed by atoms with Gasteiger partial charge in [-0.1, -0.05) is 0 Å². The van der Waals surface area contributed by atoms with Gasteiger partial charge >= 0.3 is 6.01 Å². The zero-order chi connectivity index (χ0) is 17.8. The molecule has 2 aliphatic heterocycles. The molecule has 0 aliphatic carbocycles. The van der Waals surface area contributed by atoms with E-state index in [0.717, 1.165) is 43.0 Å². The topological polar surface area (TPSA) is 96.6 Å². The fraction of sp³-hybridized carbons (Fsp3) is 0.706. The zero-order valence-corrected chi connectivity index (χ0v) is 15.1. The van der Waals surface area contributed by atoms with Crippen molar-refractivity contribution in [3.8, 4) is 6.01 Å². The van der Waals surface area contributed by atoms with Gasteiger partial charge in [-0.2, -0.15) is 9.97 Å². The average Bonchev–Trinajstić information content (AvgIpc) is 3.02. The third-order valence-electron chi connectivity index (χ3n) is 5.03. The highest BCUT2D eigenvalue weighted by atomic mass is 16.5. The number of carbonyl (C=O) groups is 1. The highest BCUT2D eigenvalue weighted by Crippen LogP contribution is 2.26. The van der Waals surface area contributed by atoms with E-state index in [9.17, 15) is 4.79 Å². The number of primary amides is 1. The van der Waals surface area contributed by atoms with E-state index >= 15 is 0 Å². The Labute approximate surface area is 148 Å². The van der Waals surface area contributed by atoms with Crippen LogP contribution >= 0.6 is 0 Å². The highest BCUT2D eigenvalue weighted by Gasteiger charge is 2.24. The molecule has 25 heavy (non-hydrogen) atoms. The molecule has 0 unspecified atom stereocenters. The number of rotatable bonds is 7. The first-order valence-electron chi connectivity index (χ1n) is 8.97. The zero-order valence-electron chi connectivity index (χ0n) is 15.1. The van der Waals surface area contributed by atoms with Crippen molar-refractivity contribution in [3.05, 3.63) is 11.3 Å². The van der Waals surface area contributed by atoms with Crippen molar-refractivity contribution in [1.82, 2.24) is 20.2 Å². The van der Waals surface area contributed by atoms with Gasteiger partial charge < -0.3 is 25.6 Å². The van der Waals surface area contributed by atoms with Crippen LogP contribution < -0.4 is 20.7 Å². The van der Waals surface area contributed by atoms with Gasteiger partial charge in [0, 0.05) is 38.2 Å². The second kappa shape index (κ2) is 7.97. The van der Waals surface area contributed by atoms with Crippen LogP contribution in [0, 0.1) is 0 Å². The van der Waals surface area contributed by atoms with Gasteiger partial charge in [-0.3, -0.25) is 4.79 Å². The lowest BCUT2D eigenvalue weighted by molar-refractivity contribution is -0.117. The van der Waals surface area contributed by atoms with E-state index in [1.54, 1.807) is 0 Å². The van der Waals surface area contributed by atoms with Gasteiger partial charge in [0.25, 0.3) is 0 Å². The molecule has 138 valence electrons. The van der Waals surface area contributed by atoms with Crippen LogP contribution in [0.1, 0.15) is 30.5 Å². The Morgan fingerprint density at radius 1 is 1.48 bits per heavy atom. The maximum atomic E-state index is 11.1. The van der Waals surface area contributed by atoms with E-state index in [2.05, 4.69) is 27.2 Å². The van der Waals surface area contributed by atoms with Crippen LogP contribution in [0.25, 0.3) is 0 Å². The number of likely N-dealkylation sites (N-methyl/N-ethyl adjacent to an activating group) is 1. The number of nitrogens with zero attached hydrogens (tertiary/aromatic N) is 4. The number of hydrogen-bond acceptors (Lipinski definition) is 7. The number of carbonyl (C=O) groups excluding carboxylic acids is 1. The molecule has 8 heteroatoms. The molecule has 2 aliphatic rings. The van der Waals surface area contributed by atoms with Gasteiger partial charge in [-0.25, -0.2) is 0 Å². The van der Waals surface area contributed by atoms with Crippen LogP contribution in [0.5, 0.6) is 6.01 Å². The molecule has 1 aromatic rings. The van der Waals surface area contributed by atoms with E-state index in [4.69, 9.17) is 10.5 Å². The lowest BCUT2D eigenvalue weighted by Gasteiger charge is -2.26. The number of nitrogens with two attached hydrogens (primary N) is 1. The Kier molecular flexibility index (Phi) is 5.70. The Hall–Kier alpha value is -1.93. The first-order valence-corrected chi connectivity index (χ1v) is 8.97. The molecule has 0 spiro atoms. The summed E-state index contributed by atoms with van der Waals surface area (Å²) in [7, 11) is 4.06. The quantitative estimate of drug-likeness (QED) is 0.711. The van der Waals surface area contributed by atoms with Crippen LogP contribution in [0.2, 0.25) is 0 Å². The number of ether oxygens (including phenoxy) is 1. The molecule has 1 aromatic heterocycles. The molecule has 1 saturated heterocycles. The first kappa shape index (κ1) is 17.9. The van der Waals surface area contributed by atoms with Crippen LogP contribution in [-0.2, 0) is 17.8 Å². The fourth-order valence-electron chi connectivity index (χ4n) is 3.44. The summed E-state index contributed by atoms with van der Waals surface area (Å²) in [5.41, 5.74) is 7.40. The number of nitrogens with one attached hydrogen (secondary N) is 1. The van der Waals surface area contributed by atoms with E-state index in [0.29, 0.717) is 38.2 Å². The van der Waals surface area contributed by atoms with Gasteiger partial charge in [0.05, 0.1) is 5.69 Å². The van der Waals surface area contributed by atoms with Crippen molar-refractivity contribution in [2.45, 2.75) is 38.3 Å². The van der Waals surface area contributed by atoms with Crippen molar-refractivity contribution in [2.75, 3.05) is 45.2 Å². The first-order chi connectivity index (χ1) is 12.0. The molecule has 3 rings (SSSR count). The van der Waals surface area contributed by atoms with Crippen molar-refractivity contribution >= 4 is 11.7 Å². The lowest BCUT2D eigenvalue weighted by Crippen LogP contribution is -2.32. The third kappa shape index (κ3) is 4.38. The van der Waals surface area contributed by atoms with Crippen molar-refractivity contribution < 1.29 is 9.53 Å². The summed E-state index contributed by atoms with van der Waals surface area (Å²) >= 11 is 0. The maximum absolute atomic E-state index is 11.1. The summed E-state index contributed by atoms with van der Waals surface area (Å²) in [6, 6.07) is 0.845. The number of likely N-dealkylation sites (tertiary alicyclic amines) is 1. The molecule has 8 nitrogen and oxygen atoms in total. The molecule has 3 heterocycles. The van der Waals surface area contributed by atoms with Gasteiger partial charge in [-0.15, -0.1) is 0 Å². The number of amides is 1. The molecule has 0 bridgehead atoms. The van der Waals surface area contributed by atoms with Crippen LogP contribution in [0.4, 0.5) is 5.82 Å². The summed E-state index contributed by atoms with van der Waals surface area (Å²) in [4.78, 5) is 24.6. The lowest BCUT2D eigenvalue weighted by atomic mass is 10.1. The minimum Gasteiger partial charge on any atom is -0.462 e. The molecule has 0 radical (unpaired) electrons. The summed E-state index contributed by atoms with van der Waals surface area (Å²) in [5.74, 6) is 0.541. The standard InChI is InChI=1S/C17H28N6O2/c1-22-8-3-4-12(22)11-25-17-20-14-10-19-7-5-13(14)16(21-17)23(2)9-6-15(18)24/h12,19H,3-11H2,1-2H3,(H2,18,24)/t12-/m0/s1. The van der Waals surface area contributed by atoms with E-state index in [-0.39, 0.29) is 5.91 Å². The minimum atomic E-state index is -0.308. The Morgan fingerprint density at radius 3 is 3.04 bits per heavy atom. The smallest absolute Gasteiger partial charge is 0.318 e. The van der Waals surface area contributed by atoms with Crippen molar-refractivity contribution in [1.29, 1.82) is 0 Å². The molecular weight excluding hydrogens is 320 g/mol. The second-order valence-electron chi connectivity index (χ2n) is 6.91. The average molecular weight is 348 g/mol. The second-order valence-corrected chi connectivity index (χ2v) is 6.91. The molecule has 1 fully saturated rings. The SMILES string of the molecule is CN(CCC(N)=O)c1nc(OC[C@@H]2CCCN2C)nc2c1CCNC2. The number of fused-ring (bicyclic) bond motifs is 1. The van der Waals surface area contributed by atoms with Gasteiger partial charge in [-0.05, 0) is 39.4 Å². The normalized spacial score (nSPS) is 20.3. The van der Waals surface area contributed by atoms with Gasteiger partial charge in [0.1, 0.15) is 12.4 Å². The summed E-state index contributed by atoms with van der Waals surface area (Å²) in [6.45, 7) is 3.88. The fourth-order valence-corrected chi connectivity index (χ4v) is 3.44. The number of anilines is 1. The molecule has 1 amide bonds. The summed E-state index contributed by atoms with van der Waals surface area (Å²) in [5, 5.41) is 3.34. The molecule has 0 aromatic carbocycles. The molecule has 1 atom stereocenters. The van der Waals surface area contributed by atoms with Gasteiger partial charge in [0.15, 0.2) is 0 Å². The maximum Gasteiger partial charge on any atom is 0.318 e. The van der Waals surface area contributed by atoms with Crippen LogP contribution in [0.3, 0.4) is 0 Å². The molecular formula is C17H28N6O2.